The topological polar surface area (TPSA) is 57.8 Å². The second kappa shape index (κ2) is 5.85. The van der Waals surface area contributed by atoms with Crippen LogP contribution < -0.4 is 10.9 Å². The van der Waals surface area contributed by atoms with E-state index in [0.717, 1.165) is 11.3 Å². The minimum atomic E-state index is -0.180. The third kappa shape index (κ3) is 3.06. The summed E-state index contributed by atoms with van der Waals surface area (Å²) >= 11 is 0. The molecule has 1 heterocycles. The lowest BCUT2D eigenvalue weighted by Crippen LogP contribution is -2.10. The summed E-state index contributed by atoms with van der Waals surface area (Å²) in [5, 5.41) is 3.16. The summed E-state index contributed by atoms with van der Waals surface area (Å²) in [5.74, 6) is 0.439. The monoisotopic (exact) mass is 291 g/mol. The fourth-order valence-electron chi connectivity index (χ4n) is 2.23. The number of rotatable bonds is 3. The molecule has 0 aliphatic rings. The van der Waals surface area contributed by atoms with E-state index in [4.69, 9.17) is 0 Å². The van der Waals surface area contributed by atoms with Crippen molar-refractivity contribution in [1.82, 2.24) is 9.97 Å². The lowest BCUT2D eigenvalue weighted by Gasteiger charge is -2.09. The van der Waals surface area contributed by atoms with Gasteiger partial charge in [0.2, 0.25) is 5.95 Å². The van der Waals surface area contributed by atoms with Crippen LogP contribution in [0, 0.1) is 13.8 Å². The molecule has 22 heavy (non-hydrogen) atoms. The summed E-state index contributed by atoms with van der Waals surface area (Å²) in [7, 11) is 0. The van der Waals surface area contributed by atoms with Crippen molar-refractivity contribution < 1.29 is 0 Å². The Morgan fingerprint density at radius 2 is 1.73 bits per heavy atom. The molecule has 0 fully saturated rings. The van der Waals surface area contributed by atoms with Crippen LogP contribution in [0.25, 0.3) is 11.3 Å². The van der Waals surface area contributed by atoms with Gasteiger partial charge in [-0.3, -0.25) is 9.78 Å². The first kappa shape index (κ1) is 14.1. The van der Waals surface area contributed by atoms with E-state index in [9.17, 15) is 4.79 Å². The van der Waals surface area contributed by atoms with Gasteiger partial charge >= 0.3 is 0 Å². The highest BCUT2D eigenvalue weighted by atomic mass is 16.1. The number of benzene rings is 2. The largest absolute Gasteiger partial charge is 0.326 e. The highest BCUT2D eigenvalue weighted by Gasteiger charge is 2.04. The number of aryl methyl sites for hydroxylation is 2. The molecule has 0 radical (unpaired) electrons. The summed E-state index contributed by atoms with van der Waals surface area (Å²) in [4.78, 5) is 19.1. The standard InChI is InChI=1S/C18H17N3O/c1-12-8-9-15(10-13(12)2)19-18-20-16(11-17(22)21-18)14-6-4-3-5-7-14/h3-11H,1-2H3,(H2,19,20,21,22). The summed E-state index contributed by atoms with van der Waals surface area (Å²) in [5.41, 5.74) is 4.70. The van der Waals surface area contributed by atoms with Gasteiger partial charge in [0.05, 0.1) is 5.69 Å². The first-order valence-corrected chi connectivity index (χ1v) is 7.13. The van der Waals surface area contributed by atoms with E-state index in [2.05, 4.69) is 29.1 Å². The van der Waals surface area contributed by atoms with Crippen molar-refractivity contribution >= 4 is 11.6 Å². The molecule has 0 spiro atoms. The van der Waals surface area contributed by atoms with Crippen molar-refractivity contribution in [3.8, 4) is 11.3 Å². The number of hydrogen-bond donors (Lipinski definition) is 2. The normalized spacial score (nSPS) is 10.5. The second-order valence-corrected chi connectivity index (χ2v) is 5.27. The van der Waals surface area contributed by atoms with Gasteiger partial charge in [-0.2, -0.15) is 0 Å². The minimum absolute atomic E-state index is 0.180. The van der Waals surface area contributed by atoms with Crippen LogP contribution in [0.3, 0.4) is 0 Å². The Bertz CT molecular complexity index is 854. The SMILES string of the molecule is Cc1ccc(Nc2nc(-c3ccccc3)cc(=O)[nH]2)cc1C. The Morgan fingerprint density at radius 1 is 0.955 bits per heavy atom. The number of nitrogens with one attached hydrogen (secondary N) is 2. The number of anilines is 2. The average Bonchev–Trinajstić information content (AvgIpc) is 2.51. The Morgan fingerprint density at radius 3 is 2.45 bits per heavy atom. The predicted octanol–water partition coefficient (Wildman–Crippen LogP) is 3.80. The fraction of sp³-hybridized carbons (Fsp3) is 0.111. The zero-order valence-electron chi connectivity index (χ0n) is 12.6. The molecule has 0 aliphatic heterocycles. The molecular weight excluding hydrogens is 274 g/mol. The summed E-state index contributed by atoms with van der Waals surface area (Å²) < 4.78 is 0. The number of aromatic nitrogens is 2. The number of H-pyrrole nitrogens is 1. The van der Waals surface area contributed by atoms with Crippen molar-refractivity contribution in [3.63, 3.8) is 0 Å². The molecule has 0 saturated carbocycles. The lowest BCUT2D eigenvalue weighted by atomic mass is 10.1. The van der Waals surface area contributed by atoms with Crippen LogP contribution in [0.5, 0.6) is 0 Å². The molecule has 0 saturated heterocycles. The predicted molar refractivity (Wildman–Crippen MR) is 89.5 cm³/mol. The third-order valence-electron chi connectivity index (χ3n) is 3.58. The van der Waals surface area contributed by atoms with Gasteiger partial charge in [-0.1, -0.05) is 36.4 Å². The number of aromatic amines is 1. The van der Waals surface area contributed by atoms with Gasteiger partial charge in [-0.15, -0.1) is 0 Å². The van der Waals surface area contributed by atoms with Gasteiger partial charge in [0.25, 0.3) is 5.56 Å². The molecule has 3 rings (SSSR count). The molecule has 0 unspecified atom stereocenters. The molecule has 2 aromatic carbocycles. The van der Waals surface area contributed by atoms with Crippen LogP contribution in [-0.2, 0) is 0 Å². The molecule has 4 heteroatoms. The van der Waals surface area contributed by atoms with E-state index in [1.807, 2.05) is 48.5 Å². The van der Waals surface area contributed by atoms with E-state index in [0.29, 0.717) is 11.6 Å². The van der Waals surface area contributed by atoms with Crippen LogP contribution in [0.15, 0.2) is 59.4 Å². The molecule has 1 aromatic heterocycles. The Balaban J connectivity index is 1.96. The van der Waals surface area contributed by atoms with Crippen LogP contribution in [-0.4, -0.2) is 9.97 Å². The van der Waals surface area contributed by atoms with Gasteiger partial charge in [0.1, 0.15) is 0 Å². The maximum atomic E-state index is 11.9. The second-order valence-electron chi connectivity index (χ2n) is 5.27. The zero-order valence-corrected chi connectivity index (χ0v) is 12.6. The quantitative estimate of drug-likeness (QED) is 0.771. The molecule has 0 aliphatic carbocycles. The first-order valence-electron chi connectivity index (χ1n) is 7.13. The van der Waals surface area contributed by atoms with E-state index in [1.54, 1.807) is 0 Å². The van der Waals surface area contributed by atoms with Crippen molar-refractivity contribution in [1.29, 1.82) is 0 Å². The van der Waals surface area contributed by atoms with E-state index < -0.39 is 0 Å². The Hall–Kier alpha value is -2.88. The molecule has 0 atom stereocenters. The summed E-state index contributed by atoms with van der Waals surface area (Å²) in [6.45, 7) is 4.12. The number of hydrogen-bond acceptors (Lipinski definition) is 3. The smallest absolute Gasteiger partial charge is 0.252 e. The third-order valence-corrected chi connectivity index (χ3v) is 3.58. The molecule has 2 N–H and O–H groups in total. The molecule has 0 amide bonds. The summed E-state index contributed by atoms with van der Waals surface area (Å²) in [6, 6.07) is 17.2. The van der Waals surface area contributed by atoms with Gasteiger partial charge in [0.15, 0.2) is 0 Å². The molecule has 4 nitrogen and oxygen atoms in total. The molecule has 110 valence electrons. The van der Waals surface area contributed by atoms with Crippen molar-refractivity contribution in [3.05, 3.63) is 76.1 Å². The van der Waals surface area contributed by atoms with Gasteiger partial charge in [-0.05, 0) is 37.1 Å². The van der Waals surface area contributed by atoms with Gasteiger partial charge < -0.3 is 5.32 Å². The molecular formula is C18H17N3O. The number of nitrogens with zero attached hydrogens (tertiary/aromatic N) is 1. The highest BCUT2D eigenvalue weighted by molar-refractivity contribution is 5.62. The van der Waals surface area contributed by atoms with Crippen molar-refractivity contribution in [2.24, 2.45) is 0 Å². The van der Waals surface area contributed by atoms with E-state index in [-0.39, 0.29) is 5.56 Å². The fourth-order valence-corrected chi connectivity index (χ4v) is 2.23. The highest BCUT2D eigenvalue weighted by Crippen LogP contribution is 2.19. The lowest BCUT2D eigenvalue weighted by molar-refractivity contribution is 1.12. The maximum absolute atomic E-state index is 11.9. The zero-order chi connectivity index (χ0) is 15.5. The van der Waals surface area contributed by atoms with Crippen molar-refractivity contribution in [2.45, 2.75) is 13.8 Å². The van der Waals surface area contributed by atoms with Gasteiger partial charge in [-0.25, -0.2) is 4.98 Å². The first-order chi connectivity index (χ1) is 10.6. The van der Waals surface area contributed by atoms with E-state index >= 15 is 0 Å². The minimum Gasteiger partial charge on any atom is -0.326 e. The Labute approximate surface area is 128 Å². The van der Waals surface area contributed by atoms with Crippen LogP contribution >= 0.6 is 0 Å². The van der Waals surface area contributed by atoms with Crippen LogP contribution in [0.1, 0.15) is 11.1 Å². The van der Waals surface area contributed by atoms with Crippen LogP contribution in [0.4, 0.5) is 11.6 Å². The van der Waals surface area contributed by atoms with Gasteiger partial charge in [0, 0.05) is 17.3 Å². The average molecular weight is 291 g/mol. The van der Waals surface area contributed by atoms with Crippen LogP contribution in [0.2, 0.25) is 0 Å². The van der Waals surface area contributed by atoms with E-state index in [1.165, 1.54) is 17.2 Å². The summed E-state index contributed by atoms with van der Waals surface area (Å²) in [6.07, 6.45) is 0. The maximum Gasteiger partial charge on any atom is 0.252 e. The Kier molecular flexibility index (Phi) is 3.74. The molecule has 3 aromatic rings. The van der Waals surface area contributed by atoms with Crippen molar-refractivity contribution in [2.75, 3.05) is 5.32 Å². The molecule has 0 bridgehead atoms.